The summed E-state index contributed by atoms with van der Waals surface area (Å²) in [5.74, 6) is 4.91. The molecule has 0 heterocycles. The van der Waals surface area contributed by atoms with Crippen LogP contribution in [-0.4, -0.2) is 67.0 Å². The van der Waals surface area contributed by atoms with Crippen LogP contribution in [0.2, 0.25) is 0 Å². The first-order valence-corrected chi connectivity index (χ1v) is 23.5. The first-order chi connectivity index (χ1) is 26.3. The van der Waals surface area contributed by atoms with Gasteiger partial charge in [0.2, 0.25) is 0 Å². The Bertz CT molecular complexity index is 1420. The second kappa shape index (κ2) is 16.0. The monoisotopic (exact) mass is 785 g/mol. The number of aliphatic hydroxyl groups excluding tert-OH is 4. The molecule has 0 radical (unpaired) electrons. The normalized spacial score (nSPS) is 51.7. The number of hydrogen-bond acceptors (Lipinski definition) is 6. The first-order valence-electron chi connectivity index (χ1n) is 23.5. The number of fused-ring (bicyclic) bond motifs is 10. The maximum absolute atomic E-state index is 11.5. The van der Waals surface area contributed by atoms with E-state index in [1.165, 1.54) is 44.9 Å². The van der Waals surface area contributed by atoms with Crippen molar-refractivity contribution in [2.75, 3.05) is 0 Å². The van der Waals surface area contributed by atoms with Crippen molar-refractivity contribution in [2.45, 2.75) is 194 Å². The third kappa shape index (κ3) is 7.24. The standard InChI is InChI=1S/C24H40O5.C24H40O3/c1-13(4-7-21(28)29)16-5-6-17-22-18(12-20(27)24(16,17)3)23(2)9-8-15(25)10-14(23)11-19(22)26;1-15(4-9-22(26)27)19-7-8-20-18-6-5-16-14-17(25)10-12-23(16,2)21(18)11-13-24(19,20)3/h13-20,22,25-27H,4-12H2,1-3H3,(H,28,29);15-21,25H,4-14H2,1-3H3,(H,26,27)/t13-,14+,15-,16-,17+,18+,19-,20+,22+,23+,24-;15-,16-,17-,18+,19-,20+,21+,23+,24-/m11/s1. The third-order valence-electron chi connectivity index (χ3n) is 20.5. The fourth-order valence-electron chi connectivity index (χ4n) is 17.4. The van der Waals surface area contributed by atoms with Gasteiger partial charge in [-0.2, -0.15) is 0 Å². The zero-order chi connectivity index (χ0) is 40.5. The van der Waals surface area contributed by atoms with Crippen LogP contribution in [0.3, 0.4) is 0 Å². The van der Waals surface area contributed by atoms with Gasteiger partial charge in [0.05, 0.1) is 24.4 Å². The van der Waals surface area contributed by atoms with Gasteiger partial charge >= 0.3 is 11.9 Å². The van der Waals surface area contributed by atoms with E-state index in [1.807, 2.05) is 0 Å². The smallest absolute Gasteiger partial charge is 0.303 e. The average Bonchev–Trinajstić information content (AvgIpc) is 3.69. The minimum Gasteiger partial charge on any atom is -0.481 e. The van der Waals surface area contributed by atoms with Crippen molar-refractivity contribution < 1.29 is 40.2 Å². The number of carboxylic acids is 2. The van der Waals surface area contributed by atoms with Gasteiger partial charge in [0.1, 0.15) is 0 Å². The first kappa shape index (κ1) is 42.9. The van der Waals surface area contributed by atoms with Crippen molar-refractivity contribution in [3.63, 3.8) is 0 Å². The molecule has 0 aromatic rings. The van der Waals surface area contributed by atoms with Gasteiger partial charge in [-0.1, -0.05) is 41.5 Å². The highest BCUT2D eigenvalue weighted by Gasteiger charge is 2.66. The van der Waals surface area contributed by atoms with E-state index in [4.69, 9.17) is 10.2 Å². The summed E-state index contributed by atoms with van der Waals surface area (Å²) in [5.41, 5.74) is 0.739. The minimum atomic E-state index is -0.748. The number of aliphatic carboxylic acids is 2. The second-order valence-electron chi connectivity index (χ2n) is 22.7. The van der Waals surface area contributed by atoms with E-state index in [-0.39, 0.29) is 47.4 Å². The lowest BCUT2D eigenvalue weighted by Gasteiger charge is -2.63. The van der Waals surface area contributed by atoms with Crippen molar-refractivity contribution in [3.05, 3.63) is 0 Å². The fourth-order valence-corrected chi connectivity index (χ4v) is 17.4. The van der Waals surface area contributed by atoms with Crippen molar-refractivity contribution in [3.8, 4) is 0 Å². The van der Waals surface area contributed by atoms with Crippen LogP contribution in [0.5, 0.6) is 0 Å². The molecule has 0 unspecified atom stereocenters. The Morgan fingerprint density at radius 2 is 1.07 bits per heavy atom. The zero-order valence-corrected chi connectivity index (χ0v) is 35.9. The van der Waals surface area contributed by atoms with E-state index in [1.54, 1.807) is 0 Å². The molecule has 8 heteroatoms. The van der Waals surface area contributed by atoms with Crippen LogP contribution in [0.15, 0.2) is 0 Å². The summed E-state index contributed by atoms with van der Waals surface area (Å²) in [6.07, 6.45) is 18.4. The quantitative estimate of drug-likeness (QED) is 0.143. The summed E-state index contributed by atoms with van der Waals surface area (Å²) >= 11 is 0. The molecule has 56 heavy (non-hydrogen) atoms. The Labute approximate surface area is 338 Å². The Kier molecular flexibility index (Phi) is 12.3. The third-order valence-corrected chi connectivity index (χ3v) is 20.5. The van der Waals surface area contributed by atoms with Crippen molar-refractivity contribution in [2.24, 2.45) is 92.7 Å². The van der Waals surface area contributed by atoms with Gasteiger partial charge in [-0.3, -0.25) is 9.59 Å². The summed E-state index contributed by atoms with van der Waals surface area (Å²) in [6, 6.07) is 0. The van der Waals surface area contributed by atoms with Crippen LogP contribution in [-0.2, 0) is 9.59 Å². The molecular formula is C48H80O8. The molecule has 0 aromatic carbocycles. The van der Waals surface area contributed by atoms with Crippen LogP contribution in [0.1, 0.15) is 170 Å². The highest BCUT2D eigenvalue weighted by Crippen LogP contribution is 2.70. The minimum absolute atomic E-state index is 0.0561. The Morgan fingerprint density at radius 1 is 0.554 bits per heavy atom. The molecule has 20 atom stereocenters. The van der Waals surface area contributed by atoms with E-state index >= 15 is 0 Å². The van der Waals surface area contributed by atoms with Gasteiger partial charge < -0.3 is 30.6 Å². The van der Waals surface area contributed by atoms with Crippen LogP contribution in [0.25, 0.3) is 0 Å². The molecule has 0 aliphatic heterocycles. The molecule has 0 aromatic heterocycles. The second-order valence-corrected chi connectivity index (χ2v) is 22.7. The number of rotatable bonds is 8. The largest absolute Gasteiger partial charge is 0.481 e. The molecule has 6 N–H and O–H groups in total. The van der Waals surface area contributed by atoms with E-state index in [0.717, 1.165) is 87.9 Å². The van der Waals surface area contributed by atoms with Crippen LogP contribution in [0, 0.1) is 92.7 Å². The summed E-state index contributed by atoms with van der Waals surface area (Å²) < 4.78 is 0. The molecule has 0 saturated heterocycles. The highest BCUT2D eigenvalue weighted by atomic mass is 16.4. The van der Waals surface area contributed by atoms with Crippen LogP contribution in [0.4, 0.5) is 0 Å². The number of hydrogen-bond donors (Lipinski definition) is 6. The Balaban J connectivity index is 0.000000172. The Hall–Kier alpha value is -1.22. The molecule has 8 saturated carbocycles. The molecule has 320 valence electrons. The van der Waals surface area contributed by atoms with E-state index in [0.29, 0.717) is 59.2 Å². The van der Waals surface area contributed by atoms with Crippen molar-refractivity contribution >= 4 is 11.9 Å². The van der Waals surface area contributed by atoms with E-state index in [2.05, 4.69) is 41.5 Å². The lowest BCUT2D eigenvalue weighted by Crippen LogP contribution is -2.62. The van der Waals surface area contributed by atoms with Gasteiger partial charge in [-0.25, -0.2) is 0 Å². The van der Waals surface area contributed by atoms with E-state index < -0.39 is 18.0 Å². The van der Waals surface area contributed by atoms with Gasteiger partial charge in [0, 0.05) is 12.8 Å². The lowest BCUT2D eigenvalue weighted by molar-refractivity contribution is -0.207. The highest BCUT2D eigenvalue weighted by molar-refractivity contribution is 5.66. The predicted octanol–water partition coefficient (Wildman–Crippen LogP) is 8.96. The summed E-state index contributed by atoms with van der Waals surface area (Å²) in [7, 11) is 0. The van der Waals surface area contributed by atoms with Crippen molar-refractivity contribution in [1.29, 1.82) is 0 Å². The molecule has 8 fully saturated rings. The fraction of sp³-hybridized carbons (Fsp3) is 0.958. The summed E-state index contributed by atoms with van der Waals surface area (Å²) in [4.78, 5) is 22.1. The zero-order valence-electron chi connectivity index (χ0n) is 35.9. The molecule has 0 amide bonds. The van der Waals surface area contributed by atoms with Gasteiger partial charge in [0.25, 0.3) is 0 Å². The van der Waals surface area contributed by atoms with Crippen LogP contribution < -0.4 is 0 Å². The average molecular weight is 785 g/mol. The summed E-state index contributed by atoms with van der Waals surface area (Å²) in [6.45, 7) is 14.2. The van der Waals surface area contributed by atoms with Gasteiger partial charge in [-0.15, -0.1) is 0 Å². The molecule has 8 nitrogen and oxygen atoms in total. The van der Waals surface area contributed by atoms with Gasteiger partial charge in [-0.05, 0) is 208 Å². The Morgan fingerprint density at radius 3 is 1.70 bits per heavy atom. The topological polar surface area (TPSA) is 156 Å². The van der Waals surface area contributed by atoms with E-state index in [9.17, 15) is 30.0 Å². The van der Waals surface area contributed by atoms with Crippen molar-refractivity contribution in [1.82, 2.24) is 0 Å². The predicted molar refractivity (Wildman–Crippen MR) is 217 cm³/mol. The number of aliphatic hydroxyl groups is 4. The molecular weight excluding hydrogens is 705 g/mol. The maximum atomic E-state index is 11.5. The molecule has 8 aliphatic rings. The number of carboxylic acid groups (broad SMARTS) is 2. The maximum Gasteiger partial charge on any atom is 0.303 e. The molecule has 0 bridgehead atoms. The molecule has 0 spiro atoms. The molecule has 8 rings (SSSR count). The number of carbonyl (C=O) groups is 2. The van der Waals surface area contributed by atoms with Gasteiger partial charge in [0.15, 0.2) is 0 Å². The lowest BCUT2D eigenvalue weighted by atomic mass is 9.43. The SMILES string of the molecule is C[C@H](CCC(=O)O)[C@H]1CC[C@H]2[C@@H]3CC[C@@H]4C[C@H](O)CC[C@]4(C)[C@H]3CC[C@]12C.C[C@H](CCC(=O)O)[C@H]1CC[C@H]2[C@@H]3[C@H](O)C[C@@H]4C[C@H](O)CC[C@]4(C)[C@H]3C[C@H](O)[C@]12C. The summed E-state index contributed by atoms with van der Waals surface area (Å²) in [5, 5.41) is 61.3. The van der Waals surface area contributed by atoms with Crippen LogP contribution >= 0.6 is 0 Å². The molecule has 8 aliphatic carbocycles.